The average molecular weight is 290 g/mol. The van der Waals surface area contributed by atoms with Gasteiger partial charge in [-0.1, -0.05) is 31.2 Å². The van der Waals surface area contributed by atoms with Crippen LogP contribution in [0.4, 0.5) is 4.39 Å². The molecule has 1 N–H and O–H groups in total. The fourth-order valence-electron chi connectivity index (χ4n) is 2.01. The second-order valence-electron chi connectivity index (χ2n) is 4.72. The van der Waals surface area contributed by atoms with E-state index >= 15 is 0 Å². The number of benzene rings is 2. The molecule has 21 heavy (non-hydrogen) atoms. The fourth-order valence-corrected chi connectivity index (χ4v) is 2.01. The Balaban J connectivity index is 2.03. The standard InChI is InChI=1S/C17H19FO3/c1-3-15(19)12-7-9-14(10-8-12)21-11-13-5-4-6-16(20-2)17(13)18/h4-10,15,19H,3,11H2,1-2H3/t15-/m1/s1. The van der Waals surface area contributed by atoms with Crippen LogP contribution in [0.3, 0.4) is 0 Å². The van der Waals surface area contributed by atoms with Crippen molar-refractivity contribution in [3.8, 4) is 11.5 Å². The summed E-state index contributed by atoms with van der Waals surface area (Å²) >= 11 is 0. The Bertz CT molecular complexity index is 581. The van der Waals surface area contributed by atoms with Crippen LogP contribution in [-0.4, -0.2) is 12.2 Å². The van der Waals surface area contributed by atoms with E-state index in [1.165, 1.54) is 7.11 Å². The molecule has 0 heterocycles. The first-order chi connectivity index (χ1) is 10.2. The van der Waals surface area contributed by atoms with Gasteiger partial charge in [-0.2, -0.15) is 0 Å². The highest BCUT2D eigenvalue weighted by Crippen LogP contribution is 2.23. The van der Waals surface area contributed by atoms with Gasteiger partial charge in [-0.25, -0.2) is 4.39 Å². The number of halogens is 1. The lowest BCUT2D eigenvalue weighted by atomic mass is 10.1. The zero-order valence-electron chi connectivity index (χ0n) is 12.2. The lowest BCUT2D eigenvalue weighted by Gasteiger charge is -2.11. The largest absolute Gasteiger partial charge is 0.494 e. The number of methoxy groups -OCH3 is 1. The predicted octanol–water partition coefficient (Wildman–Crippen LogP) is 3.86. The summed E-state index contributed by atoms with van der Waals surface area (Å²) in [4.78, 5) is 0. The number of aliphatic hydroxyl groups is 1. The first-order valence-electron chi connectivity index (χ1n) is 6.88. The molecule has 0 bridgehead atoms. The van der Waals surface area contributed by atoms with E-state index in [9.17, 15) is 9.50 Å². The summed E-state index contributed by atoms with van der Waals surface area (Å²) < 4.78 is 24.5. The number of rotatable bonds is 6. The van der Waals surface area contributed by atoms with Gasteiger partial charge in [0.1, 0.15) is 12.4 Å². The van der Waals surface area contributed by atoms with Crippen molar-refractivity contribution in [3.63, 3.8) is 0 Å². The zero-order valence-corrected chi connectivity index (χ0v) is 12.2. The summed E-state index contributed by atoms with van der Waals surface area (Å²) in [5, 5.41) is 9.72. The summed E-state index contributed by atoms with van der Waals surface area (Å²) in [7, 11) is 1.43. The minimum absolute atomic E-state index is 0.124. The molecule has 0 saturated heterocycles. The molecule has 2 aromatic rings. The monoisotopic (exact) mass is 290 g/mol. The topological polar surface area (TPSA) is 38.7 Å². The van der Waals surface area contributed by atoms with Crippen LogP contribution in [-0.2, 0) is 6.61 Å². The van der Waals surface area contributed by atoms with Crippen LogP contribution in [0.25, 0.3) is 0 Å². The van der Waals surface area contributed by atoms with Gasteiger partial charge < -0.3 is 14.6 Å². The van der Waals surface area contributed by atoms with Crippen LogP contribution >= 0.6 is 0 Å². The molecule has 0 aromatic heterocycles. The van der Waals surface area contributed by atoms with Gasteiger partial charge in [-0.3, -0.25) is 0 Å². The number of hydrogen-bond acceptors (Lipinski definition) is 3. The molecular weight excluding hydrogens is 271 g/mol. The zero-order chi connectivity index (χ0) is 15.2. The van der Waals surface area contributed by atoms with Crippen LogP contribution in [0.5, 0.6) is 11.5 Å². The molecule has 0 fully saturated rings. The molecule has 1 atom stereocenters. The van der Waals surface area contributed by atoms with Crippen molar-refractivity contribution in [1.82, 2.24) is 0 Å². The van der Waals surface area contributed by atoms with Crippen molar-refractivity contribution in [1.29, 1.82) is 0 Å². The molecule has 2 rings (SSSR count). The van der Waals surface area contributed by atoms with Crippen molar-refractivity contribution in [2.45, 2.75) is 26.1 Å². The Labute approximate surface area is 124 Å². The highest BCUT2D eigenvalue weighted by Gasteiger charge is 2.09. The van der Waals surface area contributed by atoms with Crippen LogP contribution in [0.1, 0.15) is 30.6 Å². The second kappa shape index (κ2) is 7.09. The summed E-state index contributed by atoms with van der Waals surface area (Å²) in [5.74, 6) is 0.430. The summed E-state index contributed by atoms with van der Waals surface area (Å²) in [6, 6.07) is 12.1. The van der Waals surface area contributed by atoms with Crippen molar-refractivity contribution in [2.75, 3.05) is 7.11 Å². The minimum atomic E-state index is -0.463. The third kappa shape index (κ3) is 3.73. The van der Waals surface area contributed by atoms with Gasteiger partial charge in [0, 0.05) is 5.56 Å². The van der Waals surface area contributed by atoms with E-state index < -0.39 is 11.9 Å². The smallest absolute Gasteiger partial charge is 0.171 e. The van der Waals surface area contributed by atoms with Crippen molar-refractivity contribution < 1.29 is 19.0 Å². The van der Waals surface area contributed by atoms with Gasteiger partial charge in [-0.15, -0.1) is 0 Å². The number of hydrogen-bond donors (Lipinski definition) is 1. The SMILES string of the molecule is CC[C@@H](O)c1ccc(OCc2cccc(OC)c2F)cc1. The second-order valence-corrected chi connectivity index (χ2v) is 4.72. The minimum Gasteiger partial charge on any atom is -0.494 e. The molecule has 112 valence electrons. The average Bonchev–Trinajstić information content (AvgIpc) is 2.53. The summed E-state index contributed by atoms with van der Waals surface area (Å²) in [6.07, 6.45) is 0.199. The summed E-state index contributed by atoms with van der Waals surface area (Å²) in [6.45, 7) is 2.04. The molecule has 0 spiro atoms. The Kier molecular flexibility index (Phi) is 5.17. The van der Waals surface area contributed by atoms with Gasteiger partial charge in [0.25, 0.3) is 0 Å². The summed E-state index contributed by atoms with van der Waals surface area (Å²) in [5.41, 5.74) is 1.28. The fraction of sp³-hybridized carbons (Fsp3) is 0.294. The Morgan fingerprint density at radius 2 is 1.86 bits per heavy atom. The normalized spacial score (nSPS) is 12.0. The van der Waals surface area contributed by atoms with E-state index in [2.05, 4.69) is 0 Å². The first kappa shape index (κ1) is 15.3. The van der Waals surface area contributed by atoms with Gasteiger partial charge in [0.15, 0.2) is 11.6 Å². The Morgan fingerprint density at radius 1 is 1.14 bits per heavy atom. The van der Waals surface area contributed by atoms with Gasteiger partial charge in [-0.05, 0) is 30.2 Å². The van der Waals surface area contributed by atoms with Gasteiger partial charge in [0.2, 0.25) is 0 Å². The molecule has 2 aromatic carbocycles. The maximum atomic E-state index is 14.0. The van der Waals surface area contributed by atoms with Crippen LogP contribution in [0, 0.1) is 5.82 Å². The van der Waals surface area contributed by atoms with E-state index in [-0.39, 0.29) is 12.4 Å². The lowest BCUT2D eigenvalue weighted by molar-refractivity contribution is 0.173. The first-order valence-corrected chi connectivity index (χ1v) is 6.88. The third-order valence-corrected chi connectivity index (χ3v) is 3.31. The molecule has 0 amide bonds. The quantitative estimate of drug-likeness (QED) is 0.878. The molecular formula is C17H19FO3. The molecule has 0 saturated carbocycles. The molecule has 0 aliphatic heterocycles. The van der Waals surface area contributed by atoms with Crippen LogP contribution in [0.15, 0.2) is 42.5 Å². The van der Waals surface area contributed by atoms with E-state index in [1.54, 1.807) is 30.3 Å². The van der Waals surface area contributed by atoms with E-state index in [0.717, 1.165) is 5.56 Å². The Hall–Kier alpha value is -2.07. The maximum Gasteiger partial charge on any atom is 0.171 e. The van der Waals surface area contributed by atoms with E-state index in [1.807, 2.05) is 19.1 Å². The van der Waals surface area contributed by atoms with Gasteiger partial charge in [0.05, 0.1) is 13.2 Å². The highest BCUT2D eigenvalue weighted by atomic mass is 19.1. The Morgan fingerprint density at radius 3 is 2.48 bits per heavy atom. The predicted molar refractivity (Wildman–Crippen MR) is 79.0 cm³/mol. The molecule has 0 aliphatic rings. The van der Waals surface area contributed by atoms with Gasteiger partial charge >= 0.3 is 0 Å². The van der Waals surface area contributed by atoms with Crippen molar-refractivity contribution in [3.05, 3.63) is 59.4 Å². The third-order valence-electron chi connectivity index (χ3n) is 3.31. The number of ether oxygens (including phenoxy) is 2. The van der Waals surface area contributed by atoms with Crippen LogP contribution < -0.4 is 9.47 Å². The van der Waals surface area contributed by atoms with Crippen molar-refractivity contribution in [2.24, 2.45) is 0 Å². The maximum absolute atomic E-state index is 14.0. The highest BCUT2D eigenvalue weighted by molar-refractivity contribution is 5.32. The number of aliphatic hydroxyl groups excluding tert-OH is 1. The lowest BCUT2D eigenvalue weighted by Crippen LogP contribution is -2.01. The van der Waals surface area contributed by atoms with Crippen LogP contribution in [0.2, 0.25) is 0 Å². The van der Waals surface area contributed by atoms with E-state index in [4.69, 9.17) is 9.47 Å². The molecule has 3 nitrogen and oxygen atoms in total. The molecule has 0 unspecified atom stereocenters. The molecule has 4 heteroatoms. The van der Waals surface area contributed by atoms with E-state index in [0.29, 0.717) is 17.7 Å². The molecule has 0 radical (unpaired) electrons. The van der Waals surface area contributed by atoms with Crippen molar-refractivity contribution >= 4 is 0 Å². The molecule has 0 aliphatic carbocycles.